The normalized spacial score (nSPS) is 23.7. The summed E-state index contributed by atoms with van der Waals surface area (Å²) >= 11 is 0. The highest BCUT2D eigenvalue weighted by Crippen LogP contribution is 2.18. The van der Waals surface area contributed by atoms with Gasteiger partial charge in [0.15, 0.2) is 0 Å². The van der Waals surface area contributed by atoms with Crippen LogP contribution in [0.3, 0.4) is 0 Å². The standard InChI is InChI=1S/C10H18N2O2/c1-3-8(11-4-2)5-7-6-9(13)12-10(7)14/h7-8,11H,3-6H2,1-2H3,(H,12,13,14). The molecule has 0 aromatic carbocycles. The largest absolute Gasteiger partial charge is 0.314 e. The van der Waals surface area contributed by atoms with E-state index >= 15 is 0 Å². The molecule has 1 aliphatic heterocycles. The predicted molar refractivity (Wildman–Crippen MR) is 53.6 cm³/mol. The second-order valence-electron chi connectivity index (χ2n) is 3.71. The van der Waals surface area contributed by atoms with E-state index in [1.165, 1.54) is 0 Å². The van der Waals surface area contributed by atoms with Gasteiger partial charge in [0.1, 0.15) is 0 Å². The van der Waals surface area contributed by atoms with Crippen molar-refractivity contribution < 1.29 is 9.59 Å². The quantitative estimate of drug-likeness (QED) is 0.630. The molecule has 0 bridgehead atoms. The first-order valence-electron chi connectivity index (χ1n) is 5.24. The molecule has 0 radical (unpaired) electrons. The molecule has 4 heteroatoms. The van der Waals surface area contributed by atoms with Crippen LogP contribution >= 0.6 is 0 Å². The number of imide groups is 1. The first-order chi connectivity index (χ1) is 6.67. The van der Waals surface area contributed by atoms with Gasteiger partial charge in [-0.3, -0.25) is 14.9 Å². The Morgan fingerprint density at radius 2 is 2.21 bits per heavy atom. The van der Waals surface area contributed by atoms with Crippen LogP contribution in [0.4, 0.5) is 0 Å². The fourth-order valence-corrected chi connectivity index (χ4v) is 1.82. The summed E-state index contributed by atoms with van der Waals surface area (Å²) in [5.41, 5.74) is 0. The molecule has 0 aromatic heterocycles. The maximum atomic E-state index is 11.3. The highest BCUT2D eigenvalue weighted by molar-refractivity contribution is 6.03. The zero-order valence-electron chi connectivity index (χ0n) is 8.80. The number of hydrogen-bond acceptors (Lipinski definition) is 3. The van der Waals surface area contributed by atoms with Gasteiger partial charge in [-0.1, -0.05) is 13.8 Å². The van der Waals surface area contributed by atoms with E-state index in [0.29, 0.717) is 12.5 Å². The average Bonchev–Trinajstić information content (AvgIpc) is 2.44. The maximum Gasteiger partial charge on any atom is 0.230 e. The molecule has 1 saturated heterocycles. The van der Waals surface area contributed by atoms with Gasteiger partial charge in [-0.15, -0.1) is 0 Å². The number of carbonyl (C=O) groups is 2. The van der Waals surface area contributed by atoms with Crippen molar-refractivity contribution in [2.75, 3.05) is 6.54 Å². The maximum absolute atomic E-state index is 11.3. The summed E-state index contributed by atoms with van der Waals surface area (Å²) in [6, 6.07) is 0.349. The lowest BCUT2D eigenvalue weighted by Gasteiger charge is -2.17. The second kappa shape index (κ2) is 5.10. The van der Waals surface area contributed by atoms with E-state index in [1.807, 2.05) is 6.92 Å². The molecule has 14 heavy (non-hydrogen) atoms. The lowest BCUT2D eigenvalue weighted by atomic mass is 9.97. The van der Waals surface area contributed by atoms with Crippen molar-refractivity contribution >= 4 is 11.8 Å². The smallest absolute Gasteiger partial charge is 0.230 e. The molecule has 1 heterocycles. The van der Waals surface area contributed by atoms with Crippen molar-refractivity contribution in [3.05, 3.63) is 0 Å². The summed E-state index contributed by atoms with van der Waals surface area (Å²) in [5.74, 6) is -0.357. The molecule has 2 N–H and O–H groups in total. The minimum Gasteiger partial charge on any atom is -0.314 e. The predicted octanol–water partition coefficient (Wildman–Crippen LogP) is 0.427. The highest BCUT2D eigenvalue weighted by atomic mass is 16.2. The number of hydrogen-bond donors (Lipinski definition) is 2. The van der Waals surface area contributed by atoms with Crippen LogP contribution < -0.4 is 10.6 Å². The fraction of sp³-hybridized carbons (Fsp3) is 0.800. The third-order valence-corrected chi connectivity index (χ3v) is 2.62. The summed E-state index contributed by atoms with van der Waals surface area (Å²) in [6.07, 6.45) is 2.12. The van der Waals surface area contributed by atoms with Gasteiger partial charge in [0, 0.05) is 18.4 Å². The van der Waals surface area contributed by atoms with Crippen LogP contribution in [0.25, 0.3) is 0 Å². The average molecular weight is 198 g/mol. The van der Waals surface area contributed by atoms with E-state index in [2.05, 4.69) is 17.6 Å². The van der Waals surface area contributed by atoms with Gasteiger partial charge >= 0.3 is 0 Å². The van der Waals surface area contributed by atoms with E-state index in [1.54, 1.807) is 0 Å². The van der Waals surface area contributed by atoms with Crippen LogP contribution in [0.5, 0.6) is 0 Å². The summed E-state index contributed by atoms with van der Waals surface area (Å²) in [6.45, 7) is 5.03. The zero-order valence-corrected chi connectivity index (χ0v) is 8.80. The lowest BCUT2D eigenvalue weighted by Crippen LogP contribution is -2.32. The van der Waals surface area contributed by atoms with E-state index < -0.39 is 0 Å². The lowest BCUT2D eigenvalue weighted by molar-refractivity contribution is -0.125. The summed E-state index contributed by atoms with van der Waals surface area (Å²) in [7, 11) is 0. The zero-order chi connectivity index (χ0) is 10.6. The van der Waals surface area contributed by atoms with Gasteiger partial charge in [0.25, 0.3) is 0 Å². The molecule has 2 amide bonds. The first-order valence-corrected chi connectivity index (χ1v) is 5.24. The molecule has 1 aliphatic rings. The Labute approximate surface area is 84.4 Å². The number of carbonyl (C=O) groups excluding carboxylic acids is 2. The molecule has 1 fully saturated rings. The van der Waals surface area contributed by atoms with Crippen LogP contribution in [0, 0.1) is 5.92 Å². The molecule has 0 saturated carbocycles. The minimum atomic E-state index is -0.133. The van der Waals surface area contributed by atoms with Gasteiger partial charge in [0.05, 0.1) is 0 Å². The SMILES string of the molecule is CCNC(CC)CC1CC(=O)NC1=O. The molecule has 0 aliphatic carbocycles. The van der Waals surface area contributed by atoms with Crippen molar-refractivity contribution in [3.63, 3.8) is 0 Å². The molecule has 0 aromatic rings. The van der Waals surface area contributed by atoms with Crippen LogP contribution in [-0.2, 0) is 9.59 Å². The molecule has 2 unspecified atom stereocenters. The van der Waals surface area contributed by atoms with E-state index in [0.717, 1.165) is 19.4 Å². The van der Waals surface area contributed by atoms with Crippen molar-refractivity contribution in [3.8, 4) is 0 Å². The van der Waals surface area contributed by atoms with Crippen LogP contribution in [-0.4, -0.2) is 24.4 Å². The van der Waals surface area contributed by atoms with Crippen LogP contribution in [0.15, 0.2) is 0 Å². The first kappa shape index (κ1) is 11.2. The topological polar surface area (TPSA) is 58.2 Å². The van der Waals surface area contributed by atoms with Gasteiger partial charge < -0.3 is 5.32 Å². The highest BCUT2D eigenvalue weighted by Gasteiger charge is 2.31. The third kappa shape index (κ3) is 2.80. The van der Waals surface area contributed by atoms with Crippen LogP contribution in [0.1, 0.15) is 33.1 Å². The van der Waals surface area contributed by atoms with Crippen molar-refractivity contribution in [2.45, 2.75) is 39.2 Å². The number of rotatable bonds is 5. The van der Waals surface area contributed by atoms with Gasteiger partial charge in [-0.05, 0) is 19.4 Å². The second-order valence-corrected chi connectivity index (χ2v) is 3.71. The van der Waals surface area contributed by atoms with Gasteiger partial charge in [-0.25, -0.2) is 0 Å². The van der Waals surface area contributed by atoms with Gasteiger partial charge in [-0.2, -0.15) is 0 Å². The Morgan fingerprint density at radius 1 is 1.50 bits per heavy atom. The fourth-order valence-electron chi connectivity index (χ4n) is 1.82. The van der Waals surface area contributed by atoms with Crippen LogP contribution in [0.2, 0.25) is 0 Å². The van der Waals surface area contributed by atoms with E-state index in [9.17, 15) is 9.59 Å². The Kier molecular flexibility index (Phi) is 4.07. The molecule has 0 spiro atoms. The summed E-state index contributed by atoms with van der Waals surface area (Å²) in [4.78, 5) is 22.2. The Morgan fingerprint density at radius 3 is 2.64 bits per heavy atom. The number of nitrogens with one attached hydrogen (secondary N) is 2. The van der Waals surface area contributed by atoms with E-state index in [-0.39, 0.29) is 17.7 Å². The van der Waals surface area contributed by atoms with Crippen molar-refractivity contribution in [2.24, 2.45) is 5.92 Å². The summed E-state index contributed by atoms with van der Waals surface area (Å²) < 4.78 is 0. The van der Waals surface area contributed by atoms with Gasteiger partial charge in [0.2, 0.25) is 11.8 Å². The monoisotopic (exact) mass is 198 g/mol. The summed E-state index contributed by atoms with van der Waals surface area (Å²) in [5, 5.41) is 5.64. The van der Waals surface area contributed by atoms with E-state index in [4.69, 9.17) is 0 Å². The minimum absolute atomic E-state index is 0.105. The number of amides is 2. The molecular formula is C10H18N2O2. The van der Waals surface area contributed by atoms with Crippen molar-refractivity contribution in [1.29, 1.82) is 0 Å². The Bertz CT molecular complexity index is 228. The molecule has 80 valence electrons. The molecule has 1 rings (SSSR count). The Hall–Kier alpha value is -0.900. The third-order valence-electron chi connectivity index (χ3n) is 2.62. The molecule has 2 atom stereocenters. The molecular weight excluding hydrogens is 180 g/mol. The Balaban J connectivity index is 2.42. The molecule has 4 nitrogen and oxygen atoms in total. The van der Waals surface area contributed by atoms with Crippen molar-refractivity contribution in [1.82, 2.24) is 10.6 Å².